The van der Waals surface area contributed by atoms with Crippen molar-refractivity contribution in [1.82, 2.24) is 0 Å². The Balaban J connectivity index is 0.000000133. The average molecular weight is 290 g/mol. The van der Waals surface area contributed by atoms with E-state index in [2.05, 4.69) is 70.0 Å². The Morgan fingerprint density at radius 3 is 1.91 bits per heavy atom. The summed E-state index contributed by atoms with van der Waals surface area (Å²) in [6.45, 7) is 9.55. The summed E-state index contributed by atoms with van der Waals surface area (Å²) in [4.78, 5) is 0. The van der Waals surface area contributed by atoms with Crippen LogP contribution in [0.5, 0.6) is 0 Å². The molecule has 114 valence electrons. The van der Waals surface area contributed by atoms with E-state index in [0.29, 0.717) is 10.8 Å². The second kappa shape index (κ2) is 6.03. The second-order valence-corrected chi connectivity index (χ2v) is 7.79. The molecule has 0 unspecified atom stereocenters. The summed E-state index contributed by atoms with van der Waals surface area (Å²) in [5.74, 6) is 3.11. The van der Waals surface area contributed by atoms with Crippen LogP contribution >= 0.6 is 0 Å². The number of benzene rings is 1. The molecule has 2 aliphatic carbocycles. The van der Waals surface area contributed by atoms with Crippen molar-refractivity contribution in [3.05, 3.63) is 54.5 Å². The first kappa shape index (κ1) is 15.5. The Kier molecular flexibility index (Phi) is 4.25. The molecular weight excluding hydrogens is 263 g/mol. The summed E-state index contributed by atoms with van der Waals surface area (Å²) >= 11 is 0. The molecule has 0 amide bonds. The molecule has 0 radical (unpaired) electrons. The molecule has 2 saturated carbocycles. The van der Waals surface area contributed by atoms with Gasteiger partial charge in [-0.3, -0.25) is 0 Å². The Morgan fingerprint density at radius 1 is 0.864 bits per heavy atom. The fourth-order valence-corrected chi connectivity index (χ4v) is 4.37. The fourth-order valence-electron chi connectivity index (χ4n) is 4.37. The predicted octanol–water partition coefficient (Wildman–Crippen LogP) is 5.91. The monoisotopic (exact) mass is 290 g/mol. The van der Waals surface area contributed by atoms with Crippen LogP contribution in [0.4, 0.5) is 0 Å². The average Bonchev–Trinajstić information content (AvgIpc) is 2.92. The molecule has 2 aromatic rings. The Labute approximate surface area is 136 Å². The van der Waals surface area contributed by atoms with Gasteiger partial charge in [0.2, 0.25) is 0 Å². The first-order chi connectivity index (χ1) is 10.5. The van der Waals surface area contributed by atoms with Gasteiger partial charge in [0.25, 0.3) is 0 Å². The van der Waals surface area contributed by atoms with E-state index >= 15 is 0 Å². The van der Waals surface area contributed by atoms with E-state index in [9.17, 15) is 0 Å². The zero-order chi connectivity index (χ0) is 15.6. The third kappa shape index (κ3) is 2.78. The van der Waals surface area contributed by atoms with Crippen LogP contribution in [-0.2, 0) is 0 Å². The second-order valence-electron chi connectivity index (χ2n) is 7.79. The molecule has 0 atom stereocenters. The molecule has 2 fully saturated rings. The molecule has 1 aromatic carbocycles. The number of hydrogen-bond donors (Lipinski definition) is 0. The van der Waals surface area contributed by atoms with E-state index in [-0.39, 0.29) is 0 Å². The van der Waals surface area contributed by atoms with Crippen molar-refractivity contribution in [2.75, 3.05) is 0 Å². The molecule has 2 bridgehead atoms. The normalized spacial score (nSPS) is 27.9. The first-order valence-corrected chi connectivity index (χ1v) is 8.63. The Bertz CT molecular complexity index is 552. The molecule has 0 spiro atoms. The Hall–Kier alpha value is -1.37. The summed E-state index contributed by atoms with van der Waals surface area (Å²) < 4.78 is 0. The molecule has 1 aromatic heterocycles. The van der Waals surface area contributed by atoms with Crippen molar-refractivity contribution >= 4 is 6.91 Å². The van der Waals surface area contributed by atoms with Gasteiger partial charge in [-0.05, 0) is 42.4 Å². The summed E-state index contributed by atoms with van der Waals surface area (Å²) in [6.07, 6.45) is 5.99. The first-order valence-electron chi connectivity index (χ1n) is 8.63. The molecule has 0 saturated heterocycles. The minimum absolute atomic E-state index is 0.660. The van der Waals surface area contributed by atoms with E-state index in [1.807, 2.05) is 12.1 Å². The van der Waals surface area contributed by atoms with Gasteiger partial charge in [0.05, 0.1) is 0 Å². The van der Waals surface area contributed by atoms with Crippen molar-refractivity contribution in [3.8, 4) is 11.0 Å². The number of hydrogen-bond acceptors (Lipinski definition) is 0. The van der Waals surface area contributed by atoms with Gasteiger partial charge in [-0.25, -0.2) is 0 Å². The SMILES string of the molecule is CC12CCC(CC1)C2(C)C.b1ccccc1-c1ccccc1. The van der Waals surface area contributed by atoms with E-state index in [0.717, 1.165) is 5.92 Å². The van der Waals surface area contributed by atoms with Crippen LogP contribution in [0.15, 0.2) is 54.5 Å². The van der Waals surface area contributed by atoms with Gasteiger partial charge in [0, 0.05) is 0 Å². The maximum absolute atomic E-state index is 2.49. The standard InChI is InChI=1S/C11H9B.C10H18/c1-2-6-10(7-3-1)11-8-4-5-9-12-11;1-9(2)8-4-6-10(9,3)7-5-8/h1-9H;8H,4-7H2,1-3H3. The van der Waals surface area contributed by atoms with Crippen LogP contribution in [0, 0.1) is 16.7 Å². The van der Waals surface area contributed by atoms with E-state index < -0.39 is 0 Å². The van der Waals surface area contributed by atoms with Crippen LogP contribution in [0.3, 0.4) is 0 Å². The van der Waals surface area contributed by atoms with Crippen molar-refractivity contribution in [1.29, 1.82) is 0 Å². The van der Waals surface area contributed by atoms with Crippen molar-refractivity contribution in [2.24, 2.45) is 16.7 Å². The van der Waals surface area contributed by atoms with E-state index in [1.54, 1.807) is 0 Å². The van der Waals surface area contributed by atoms with Gasteiger partial charge in [-0.1, -0.05) is 20.8 Å². The zero-order valence-electron chi connectivity index (χ0n) is 14.2. The van der Waals surface area contributed by atoms with Gasteiger partial charge in [0.1, 0.15) is 0 Å². The van der Waals surface area contributed by atoms with Crippen LogP contribution in [-0.4, -0.2) is 6.91 Å². The van der Waals surface area contributed by atoms with Crippen molar-refractivity contribution < 1.29 is 0 Å². The molecule has 1 heterocycles. The van der Waals surface area contributed by atoms with Crippen molar-refractivity contribution in [3.63, 3.8) is 0 Å². The van der Waals surface area contributed by atoms with Crippen molar-refractivity contribution in [2.45, 2.75) is 46.5 Å². The zero-order valence-corrected chi connectivity index (χ0v) is 14.2. The summed E-state index contributed by atoms with van der Waals surface area (Å²) in [6, 6.07) is 16.6. The maximum atomic E-state index is 2.49. The van der Waals surface area contributed by atoms with E-state index in [1.165, 1.54) is 36.7 Å². The van der Waals surface area contributed by atoms with Gasteiger partial charge in [-0.15, -0.1) is 0 Å². The molecule has 2 aliphatic rings. The minimum atomic E-state index is 0.660. The van der Waals surface area contributed by atoms with Crippen LogP contribution in [0.25, 0.3) is 11.0 Å². The summed E-state index contributed by atoms with van der Waals surface area (Å²) in [5.41, 5.74) is 3.92. The number of fused-ring (bicyclic) bond motifs is 2. The fraction of sp³-hybridized carbons (Fsp3) is 0.476. The molecule has 22 heavy (non-hydrogen) atoms. The van der Waals surface area contributed by atoms with Crippen LogP contribution in [0.2, 0.25) is 0 Å². The summed E-state index contributed by atoms with van der Waals surface area (Å²) in [5, 5.41) is 0. The van der Waals surface area contributed by atoms with Gasteiger partial charge < -0.3 is 0 Å². The molecule has 1 heteroatoms. The third-order valence-corrected chi connectivity index (χ3v) is 6.55. The van der Waals surface area contributed by atoms with Crippen LogP contribution in [0.1, 0.15) is 46.5 Å². The predicted molar refractivity (Wildman–Crippen MR) is 97.1 cm³/mol. The summed E-state index contributed by atoms with van der Waals surface area (Å²) in [7, 11) is 0. The number of rotatable bonds is 1. The molecular formula is C21H27B. The quantitative estimate of drug-likeness (QED) is 0.612. The molecule has 0 nitrogen and oxygen atoms in total. The molecule has 0 N–H and O–H groups in total. The Morgan fingerprint density at radius 2 is 1.50 bits per heavy atom. The van der Waals surface area contributed by atoms with E-state index in [4.69, 9.17) is 0 Å². The van der Waals surface area contributed by atoms with Gasteiger partial charge in [0.15, 0.2) is 0 Å². The van der Waals surface area contributed by atoms with Gasteiger partial charge in [-0.2, -0.15) is 0 Å². The third-order valence-electron chi connectivity index (χ3n) is 6.55. The molecule has 0 aliphatic heterocycles. The molecule has 4 rings (SSSR count). The van der Waals surface area contributed by atoms with Crippen LogP contribution < -0.4 is 0 Å². The van der Waals surface area contributed by atoms with Gasteiger partial charge >= 0.3 is 72.4 Å². The topological polar surface area (TPSA) is 0 Å².